The molecule has 0 N–H and O–H groups in total. The average Bonchev–Trinajstić information content (AvgIpc) is 2.37. The fourth-order valence-corrected chi connectivity index (χ4v) is 2.37. The van der Waals surface area contributed by atoms with Crippen molar-refractivity contribution in [3.8, 4) is 5.75 Å². The Kier molecular flexibility index (Phi) is 4.21. The van der Waals surface area contributed by atoms with E-state index in [1.807, 2.05) is 6.92 Å². The predicted octanol–water partition coefficient (Wildman–Crippen LogP) is 2.46. The lowest BCUT2D eigenvalue weighted by Gasteiger charge is -2.40. The number of hydrogen-bond donors (Lipinski definition) is 0. The fourth-order valence-electron chi connectivity index (χ4n) is 1.96. The van der Waals surface area contributed by atoms with Gasteiger partial charge in [-0.15, -0.1) is 11.6 Å². The second-order valence-electron chi connectivity index (χ2n) is 4.36. The molecule has 0 amide bonds. The first-order valence-corrected chi connectivity index (χ1v) is 6.51. The van der Waals surface area contributed by atoms with Crippen LogP contribution in [0.3, 0.4) is 0 Å². The molecule has 1 aliphatic rings. The van der Waals surface area contributed by atoms with Crippen LogP contribution in [0.1, 0.15) is 19.0 Å². The number of pyridine rings is 1. The maximum absolute atomic E-state index is 10.9. The van der Waals surface area contributed by atoms with Crippen molar-refractivity contribution in [2.75, 3.05) is 6.61 Å². The Bertz CT molecular complexity index is 483. The number of aryl methyl sites for hydroxylation is 1. The van der Waals surface area contributed by atoms with Gasteiger partial charge in [-0.1, -0.05) is 0 Å². The number of nitrogens with zero attached hydrogens (tertiary/aromatic N) is 2. The van der Waals surface area contributed by atoms with Crippen molar-refractivity contribution in [1.82, 2.24) is 4.98 Å². The molecule has 6 nitrogen and oxygen atoms in total. The molecule has 1 fully saturated rings. The molecule has 1 aromatic heterocycles. The number of hydrogen-bond acceptors (Lipinski definition) is 5. The Morgan fingerprint density at radius 1 is 1.58 bits per heavy atom. The summed E-state index contributed by atoms with van der Waals surface area (Å²) in [6.07, 6.45) is 0.121. The summed E-state index contributed by atoms with van der Waals surface area (Å²) >= 11 is 6.03. The Morgan fingerprint density at radius 3 is 2.89 bits per heavy atom. The number of ether oxygens (including phenoxy) is 2. The lowest BCUT2D eigenvalue weighted by Crippen LogP contribution is -2.52. The van der Waals surface area contributed by atoms with Gasteiger partial charge in [-0.25, -0.2) is 0 Å². The molecule has 0 bridgehead atoms. The van der Waals surface area contributed by atoms with Crippen LogP contribution in [0.15, 0.2) is 12.1 Å². The molecule has 1 saturated carbocycles. The molecule has 1 aliphatic carbocycles. The zero-order valence-electron chi connectivity index (χ0n) is 10.7. The first-order valence-electron chi connectivity index (χ1n) is 6.07. The molecule has 7 heteroatoms. The van der Waals surface area contributed by atoms with Crippen molar-refractivity contribution in [3.63, 3.8) is 0 Å². The van der Waals surface area contributed by atoms with Crippen LogP contribution in [0.25, 0.3) is 0 Å². The van der Waals surface area contributed by atoms with E-state index in [0.717, 1.165) is 0 Å². The zero-order chi connectivity index (χ0) is 14.0. The standard InChI is InChI=1S/C12H15ClN2O4/c1-3-18-11-8(13)6-10(11)19-9-5-4-7(2)14-12(9)15(16)17/h4-5,8,10-11H,3,6H2,1-2H3. The van der Waals surface area contributed by atoms with Crippen LogP contribution in [0.5, 0.6) is 5.75 Å². The molecule has 3 unspecified atom stereocenters. The van der Waals surface area contributed by atoms with E-state index in [4.69, 9.17) is 21.1 Å². The summed E-state index contributed by atoms with van der Waals surface area (Å²) < 4.78 is 11.1. The number of alkyl halides is 1. The zero-order valence-corrected chi connectivity index (χ0v) is 11.5. The molecule has 19 heavy (non-hydrogen) atoms. The molecule has 0 aromatic carbocycles. The van der Waals surface area contributed by atoms with Gasteiger partial charge in [0.25, 0.3) is 0 Å². The van der Waals surface area contributed by atoms with Gasteiger partial charge < -0.3 is 19.6 Å². The van der Waals surface area contributed by atoms with Crippen molar-refractivity contribution >= 4 is 17.4 Å². The summed E-state index contributed by atoms with van der Waals surface area (Å²) in [5.41, 5.74) is 0.573. The Balaban J connectivity index is 2.13. The van der Waals surface area contributed by atoms with Crippen LogP contribution < -0.4 is 4.74 Å². The molecule has 1 heterocycles. The Hall–Kier alpha value is -1.40. The number of rotatable bonds is 5. The SMILES string of the molecule is CCOC1C(Cl)CC1Oc1ccc(C)nc1[N+](=O)[O-]. The lowest BCUT2D eigenvalue weighted by atomic mass is 9.91. The monoisotopic (exact) mass is 286 g/mol. The van der Waals surface area contributed by atoms with Crippen LogP contribution in [0.2, 0.25) is 0 Å². The van der Waals surface area contributed by atoms with Gasteiger partial charge in [0.2, 0.25) is 5.75 Å². The van der Waals surface area contributed by atoms with E-state index in [2.05, 4.69) is 4.98 Å². The van der Waals surface area contributed by atoms with Crippen molar-refractivity contribution in [1.29, 1.82) is 0 Å². The summed E-state index contributed by atoms with van der Waals surface area (Å²) in [6.45, 7) is 4.09. The quantitative estimate of drug-likeness (QED) is 0.472. The van der Waals surface area contributed by atoms with Gasteiger partial charge in [-0.2, -0.15) is 0 Å². The minimum Gasteiger partial charge on any atom is -0.479 e. The molecule has 0 saturated heterocycles. The third kappa shape index (κ3) is 2.96. The highest BCUT2D eigenvalue weighted by molar-refractivity contribution is 6.21. The molecule has 2 rings (SSSR count). The van der Waals surface area contributed by atoms with Crippen LogP contribution in [-0.2, 0) is 4.74 Å². The van der Waals surface area contributed by atoms with Gasteiger partial charge >= 0.3 is 5.82 Å². The van der Waals surface area contributed by atoms with Gasteiger partial charge in [-0.3, -0.25) is 0 Å². The van der Waals surface area contributed by atoms with Crippen LogP contribution in [0, 0.1) is 17.0 Å². The van der Waals surface area contributed by atoms with Gasteiger partial charge in [-0.05, 0) is 29.0 Å². The summed E-state index contributed by atoms with van der Waals surface area (Å²) in [5.74, 6) is -0.109. The number of nitro groups is 1. The normalized spacial score (nSPS) is 25.7. The maximum atomic E-state index is 10.9. The molecular weight excluding hydrogens is 272 g/mol. The van der Waals surface area contributed by atoms with Crippen molar-refractivity contribution in [2.45, 2.75) is 37.9 Å². The van der Waals surface area contributed by atoms with Gasteiger partial charge in [0.05, 0.1) is 5.38 Å². The molecule has 0 spiro atoms. The van der Waals surface area contributed by atoms with E-state index in [1.54, 1.807) is 19.1 Å². The van der Waals surface area contributed by atoms with Crippen molar-refractivity contribution < 1.29 is 14.4 Å². The second kappa shape index (κ2) is 5.71. The van der Waals surface area contributed by atoms with E-state index < -0.39 is 4.92 Å². The minimum atomic E-state index is -0.547. The average molecular weight is 287 g/mol. The van der Waals surface area contributed by atoms with E-state index in [1.165, 1.54) is 0 Å². The third-order valence-electron chi connectivity index (χ3n) is 2.97. The Morgan fingerprint density at radius 2 is 2.32 bits per heavy atom. The van der Waals surface area contributed by atoms with Gasteiger partial charge in [0.15, 0.2) is 0 Å². The molecule has 0 aliphatic heterocycles. The summed E-state index contributed by atoms with van der Waals surface area (Å²) in [4.78, 5) is 14.3. The number of halogens is 1. The summed E-state index contributed by atoms with van der Waals surface area (Å²) in [7, 11) is 0. The van der Waals surface area contributed by atoms with Gasteiger partial charge in [0.1, 0.15) is 17.9 Å². The van der Waals surface area contributed by atoms with Gasteiger partial charge in [0, 0.05) is 20.0 Å². The summed E-state index contributed by atoms with van der Waals surface area (Å²) in [5, 5.41) is 10.8. The topological polar surface area (TPSA) is 74.5 Å². The highest BCUT2D eigenvalue weighted by Gasteiger charge is 2.43. The predicted molar refractivity (Wildman–Crippen MR) is 69.7 cm³/mol. The molecule has 104 valence electrons. The third-order valence-corrected chi connectivity index (χ3v) is 3.40. The molecular formula is C12H15ClN2O4. The minimum absolute atomic E-state index is 0.109. The maximum Gasteiger partial charge on any atom is 0.406 e. The Labute approximate surface area is 115 Å². The van der Waals surface area contributed by atoms with E-state index in [0.29, 0.717) is 18.7 Å². The van der Waals surface area contributed by atoms with Crippen LogP contribution >= 0.6 is 11.6 Å². The fraction of sp³-hybridized carbons (Fsp3) is 0.583. The largest absolute Gasteiger partial charge is 0.479 e. The second-order valence-corrected chi connectivity index (χ2v) is 4.92. The van der Waals surface area contributed by atoms with E-state index >= 15 is 0 Å². The first kappa shape index (κ1) is 14.0. The smallest absolute Gasteiger partial charge is 0.406 e. The van der Waals surface area contributed by atoms with Crippen LogP contribution in [-0.4, -0.2) is 34.1 Å². The van der Waals surface area contributed by atoms with E-state index in [9.17, 15) is 10.1 Å². The molecule has 1 aromatic rings. The lowest BCUT2D eigenvalue weighted by molar-refractivity contribution is -0.391. The highest BCUT2D eigenvalue weighted by atomic mass is 35.5. The summed E-state index contributed by atoms with van der Waals surface area (Å²) in [6, 6.07) is 3.24. The van der Waals surface area contributed by atoms with Crippen molar-refractivity contribution in [2.24, 2.45) is 0 Å². The van der Waals surface area contributed by atoms with Crippen LogP contribution in [0.4, 0.5) is 5.82 Å². The first-order chi connectivity index (χ1) is 9.02. The van der Waals surface area contributed by atoms with Crippen molar-refractivity contribution in [3.05, 3.63) is 27.9 Å². The molecule has 3 atom stereocenters. The van der Waals surface area contributed by atoms with E-state index in [-0.39, 0.29) is 29.2 Å². The number of aromatic nitrogens is 1. The highest BCUT2D eigenvalue weighted by Crippen LogP contribution is 2.35. The molecule has 0 radical (unpaired) electrons.